The van der Waals surface area contributed by atoms with Crippen molar-refractivity contribution in [3.63, 3.8) is 0 Å². The zero-order valence-electron chi connectivity index (χ0n) is 10.1. The van der Waals surface area contributed by atoms with Crippen LogP contribution in [0.15, 0.2) is 10.5 Å². The Labute approximate surface area is 110 Å². The van der Waals surface area contributed by atoms with Crippen molar-refractivity contribution >= 4 is 15.9 Å². The summed E-state index contributed by atoms with van der Waals surface area (Å²) in [5, 5.41) is 8.95. The first-order valence-corrected chi connectivity index (χ1v) is 6.66. The van der Waals surface area contributed by atoms with Crippen LogP contribution < -0.4 is 9.47 Å². The summed E-state index contributed by atoms with van der Waals surface area (Å²) >= 11 is 3.61. The van der Waals surface area contributed by atoms with Crippen LogP contribution in [-0.4, -0.2) is 18.5 Å². The van der Waals surface area contributed by atoms with Crippen LogP contribution >= 0.6 is 15.9 Å². The van der Waals surface area contributed by atoms with Gasteiger partial charge >= 0.3 is 0 Å². The maximum Gasteiger partial charge on any atom is 0.231 e. The molecule has 2 rings (SSSR count). The molecule has 0 unspecified atom stereocenters. The van der Waals surface area contributed by atoms with Gasteiger partial charge in [-0.2, -0.15) is 0 Å². The van der Waals surface area contributed by atoms with Crippen LogP contribution in [0.4, 0.5) is 0 Å². The second-order valence-electron chi connectivity index (χ2n) is 4.48. The first-order chi connectivity index (χ1) is 8.15. The Morgan fingerprint density at radius 2 is 2.18 bits per heavy atom. The van der Waals surface area contributed by atoms with Crippen LogP contribution in [0.2, 0.25) is 0 Å². The first kappa shape index (κ1) is 12.7. The first-order valence-electron chi connectivity index (χ1n) is 5.87. The average Bonchev–Trinajstić information content (AvgIpc) is 2.74. The van der Waals surface area contributed by atoms with E-state index in [1.807, 2.05) is 6.07 Å². The molecular formula is C13H17BrO3. The average molecular weight is 301 g/mol. The molecular weight excluding hydrogens is 284 g/mol. The van der Waals surface area contributed by atoms with Crippen LogP contribution in [0.5, 0.6) is 11.5 Å². The number of aryl methyl sites for hydroxylation is 1. The number of ether oxygens (including phenoxy) is 2. The summed E-state index contributed by atoms with van der Waals surface area (Å²) in [6, 6.07) is 2.04. The van der Waals surface area contributed by atoms with E-state index in [1.54, 1.807) is 0 Å². The summed E-state index contributed by atoms with van der Waals surface area (Å²) in [7, 11) is 0. The van der Waals surface area contributed by atoms with Crippen molar-refractivity contribution in [2.24, 2.45) is 0 Å². The van der Waals surface area contributed by atoms with Gasteiger partial charge < -0.3 is 14.6 Å². The summed E-state index contributed by atoms with van der Waals surface area (Å²) in [5.41, 5.74) is 2.48. The fourth-order valence-corrected chi connectivity index (χ4v) is 3.19. The number of fused-ring (bicyclic) bond motifs is 1. The zero-order valence-corrected chi connectivity index (χ0v) is 11.7. The van der Waals surface area contributed by atoms with Crippen molar-refractivity contribution in [2.75, 3.05) is 13.4 Å². The van der Waals surface area contributed by atoms with E-state index in [0.29, 0.717) is 5.92 Å². The molecule has 0 saturated heterocycles. The molecule has 1 aliphatic heterocycles. The number of halogens is 1. The minimum Gasteiger partial charge on any atom is -0.454 e. The molecule has 0 radical (unpaired) electrons. The van der Waals surface area contributed by atoms with Crippen LogP contribution in [0, 0.1) is 0 Å². The molecule has 94 valence electrons. The highest BCUT2D eigenvalue weighted by Crippen LogP contribution is 2.45. The van der Waals surface area contributed by atoms with Gasteiger partial charge in [-0.15, -0.1) is 0 Å². The van der Waals surface area contributed by atoms with Crippen LogP contribution in [0.3, 0.4) is 0 Å². The zero-order chi connectivity index (χ0) is 12.4. The summed E-state index contributed by atoms with van der Waals surface area (Å²) in [5.74, 6) is 2.02. The van der Waals surface area contributed by atoms with Gasteiger partial charge in [-0.25, -0.2) is 0 Å². The van der Waals surface area contributed by atoms with Gasteiger partial charge in [0.15, 0.2) is 11.5 Å². The third kappa shape index (κ3) is 2.43. The number of benzene rings is 1. The van der Waals surface area contributed by atoms with Gasteiger partial charge in [0.2, 0.25) is 6.79 Å². The standard InChI is InChI=1S/C13H17BrO3/c1-8(2)11-9(4-3-5-15)6-10-13(12(11)14)17-7-16-10/h6,8,15H,3-5,7H2,1-2H3. The monoisotopic (exact) mass is 300 g/mol. The number of aliphatic hydroxyl groups is 1. The summed E-state index contributed by atoms with van der Waals surface area (Å²) in [6.07, 6.45) is 1.63. The predicted octanol–water partition coefficient (Wildman–Crippen LogP) is 3.23. The third-order valence-electron chi connectivity index (χ3n) is 2.91. The highest BCUT2D eigenvalue weighted by Gasteiger charge is 2.23. The molecule has 3 nitrogen and oxygen atoms in total. The van der Waals surface area contributed by atoms with Gasteiger partial charge in [0, 0.05) is 6.61 Å². The van der Waals surface area contributed by atoms with Crippen molar-refractivity contribution in [3.05, 3.63) is 21.7 Å². The van der Waals surface area contributed by atoms with Gasteiger partial charge in [0.1, 0.15) is 0 Å². The Kier molecular flexibility index (Phi) is 3.94. The molecule has 0 fully saturated rings. The molecule has 0 bridgehead atoms. The van der Waals surface area contributed by atoms with E-state index in [9.17, 15) is 0 Å². The number of hydrogen-bond donors (Lipinski definition) is 1. The smallest absolute Gasteiger partial charge is 0.231 e. The lowest BCUT2D eigenvalue weighted by atomic mass is 9.94. The molecule has 0 aromatic heterocycles. The number of rotatable bonds is 4. The largest absolute Gasteiger partial charge is 0.454 e. The van der Waals surface area contributed by atoms with Crippen molar-refractivity contribution < 1.29 is 14.6 Å². The van der Waals surface area contributed by atoms with E-state index in [4.69, 9.17) is 14.6 Å². The van der Waals surface area contributed by atoms with Crippen LogP contribution in [-0.2, 0) is 6.42 Å². The van der Waals surface area contributed by atoms with Gasteiger partial charge in [0.05, 0.1) is 4.47 Å². The molecule has 0 spiro atoms. The van der Waals surface area contributed by atoms with Crippen molar-refractivity contribution in [3.8, 4) is 11.5 Å². The molecule has 0 saturated carbocycles. The summed E-state index contributed by atoms with van der Waals surface area (Å²) in [6.45, 7) is 4.81. The van der Waals surface area contributed by atoms with Crippen LogP contribution in [0.25, 0.3) is 0 Å². The van der Waals surface area contributed by atoms with E-state index in [0.717, 1.165) is 28.8 Å². The van der Waals surface area contributed by atoms with E-state index in [1.165, 1.54) is 11.1 Å². The molecule has 17 heavy (non-hydrogen) atoms. The maximum absolute atomic E-state index is 8.95. The van der Waals surface area contributed by atoms with E-state index >= 15 is 0 Å². The molecule has 1 aromatic rings. The third-order valence-corrected chi connectivity index (χ3v) is 3.70. The van der Waals surface area contributed by atoms with Gasteiger partial charge in [0.25, 0.3) is 0 Å². The lowest BCUT2D eigenvalue weighted by molar-refractivity contribution is 0.173. The molecule has 0 atom stereocenters. The molecule has 1 aromatic carbocycles. The molecule has 4 heteroatoms. The summed E-state index contributed by atoms with van der Waals surface area (Å²) < 4.78 is 11.9. The molecule has 1 N–H and O–H groups in total. The highest BCUT2D eigenvalue weighted by atomic mass is 79.9. The Morgan fingerprint density at radius 3 is 2.82 bits per heavy atom. The van der Waals surface area contributed by atoms with Gasteiger partial charge in [-0.1, -0.05) is 13.8 Å². The normalized spacial score (nSPS) is 13.5. The number of aliphatic hydroxyl groups excluding tert-OH is 1. The Bertz CT molecular complexity index is 416. The topological polar surface area (TPSA) is 38.7 Å². The van der Waals surface area contributed by atoms with Crippen molar-refractivity contribution in [1.29, 1.82) is 0 Å². The molecule has 1 aliphatic rings. The molecule has 1 heterocycles. The Balaban J connectivity index is 2.45. The minimum absolute atomic E-state index is 0.212. The lowest BCUT2D eigenvalue weighted by Gasteiger charge is -2.16. The van der Waals surface area contributed by atoms with E-state index in [-0.39, 0.29) is 13.4 Å². The minimum atomic E-state index is 0.212. The quantitative estimate of drug-likeness (QED) is 0.928. The fourth-order valence-electron chi connectivity index (χ4n) is 2.17. The van der Waals surface area contributed by atoms with Gasteiger partial charge in [-0.05, 0) is 51.9 Å². The van der Waals surface area contributed by atoms with E-state index < -0.39 is 0 Å². The van der Waals surface area contributed by atoms with Crippen LogP contribution in [0.1, 0.15) is 37.3 Å². The predicted molar refractivity (Wildman–Crippen MR) is 69.8 cm³/mol. The SMILES string of the molecule is CC(C)c1c(CCCO)cc2c(c1Br)OCO2. The fraction of sp³-hybridized carbons (Fsp3) is 0.538. The second-order valence-corrected chi connectivity index (χ2v) is 5.27. The molecule has 0 amide bonds. The number of hydrogen-bond acceptors (Lipinski definition) is 3. The Hall–Kier alpha value is -0.740. The van der Waals surface area contributed by atoms with Crippen molar-refractivity contribution in [1.82, 2.24) is 0 Å². The highest BCUT2D eigenvalue weighted by molar-refractivity contribution is 9.10. The second kappa shape index (κ2) is 5.27. The van der Waals surface area contributed by atoms with E-state index in [2.05, 4.69) is 29.8 Å². The van der Waals surface area contributed by atoms with Crippen molar-refractivity contribution in [2.45, 2.75) is 32.6 Å². The van der Waals surface area contributed by atoms with Gasteiger partial charge in [-0.3, -0.25) is 0 Å². The summed E-state index contributed by atoms with van der Waals surface area (Å²) in [4.78, 5) is 0. The maximum atomic E-state index is 8.95. The Morgan fingerprint density at radius 1 is 1.41 bits per heavy atom. The lowest BCUT2D eigenvalue weighted by Crippen LogP contribution is -2.00. The molecule has 0 aliphatic carbocycles.